The summed E-state index contributed by atoms with van der Waals surface area (Å²) in [6.07, 6.45) is 3.57. The number of rotatable bonds is 4. The Balaban J connectivity index is 2.24. The highest BCUT2D eigenvalue weighted by Gasteiger charge is 2.17. The summed E-state index contributed by atoms with van der Waals surface area (Å²) in [5, 5.41) is 5.90. The highest BCUT2D eigenvalue weighted by atomic mass is 16.2. The van der Waals surface area contributed by atoms with Crippen LogP contribution in [0, 0.1) is 0 Å². The summed E-state index contributed by atoms with van der Waals surface area (Å²) in [5.41, 5.74) is 0. The normalized spacial score (nSPS) is 20.2. The summed E-state index contributed by atoms with van der Waals surface area (Å²) in [6, 6.07) is 0.403. The van der Waals surface area contributed by atoms with Gasteiger partial charge < -0.3 is 15.5 Å². The van der Waals surface area contributed by atoms with Crippen LogP contribution in [0.15, 0.2) is 0 Å². The number of amides is 2. The van der Waals surface area contributed by atoms with E-state index in [1.165, 1.54) is 19.8 Å². The minimum absolute atomic E-state index is 0.0393. The maximum Gasteiger partial charge on any atom is 0.241 e. The van der Waals surface area contributed by atoms with Gasteiger partial charge in [0.15, 0.2) is 0 Å². The predicted molar refractivity (Wildman–Crippen MR) is 62.0 cm³/mol. The molecular weight excluding hydrogens is 206 g/mol. The first kappa shape index (κ1) is 13.0. The van der Waals surface area contributed by atoms with E-state index in [-0.39, 0.29) is 18.4 Å². The lowest BCUT2D eigenvalue weighted by molar-refractivity contribution is -0.131. The van der Waals surface area contributed by atoms with E-state index in [2.05, 4.69) is 10.6 Å². The summed E-state index contributed by atoms with van der Waals surface area (Å²) >= 11 is 0. The number of hydrogen-bond acceptors (Lipinski definition) is 3. The van der Waals surface area contributed by atoms with Crippen molar-refractivity contribution in [1.29, 1.82) is 0 Å². The molecule has 1 saturated heterocycles. The molecule has 1 aliphatic rings. The van der Waals surface area contributed by atoms with Crippen LogP contribution < -0.4 is 10.6 Å². The number of carbonyl (C=O) groups excluding carboxylic acids is 2. The van der Waals surface area contributed by atoms with Crippen LogP contribution in [0.5, 0.6) is 0 Å². The second kappa shape index (κ2) is 6.48. The molecule has 16 heavy (non-hydrogen) atoms. The van der Waals surface area contributed by atoms with E-state index in [1.807, 2.05) is 0 Å². The Morgan fingerprint density at radius 3 is 2.75 bits per heavy atom. The summed E-state index contributed by atoms with van der Waals surface area (Å²) in [6.45, 7) is 3.27. The molecule has 1 heterocycles. The SMILES string of the molecule is CC(=O)NCC(=O)N(C)CC1CCCCN1. The van der Waals surface area contributed by atoms with Crippen molar-refractivity contribution in [3.8, 4) is 0 Å². The average molecular weight is 227 g/mol. The van der Waals surface area contributed by atoms with Gasteiger partial charge in [-0.3, -0.25) is 9.59 Å². The molecule has 2 N–H and O–H groups in total. The van der Waals surface area contributed by atoms with Crippen LogP contribution >= 0.6 is 0 Å². The zero-order valence-electron chi connectivity index (χ0n) is 10.1. The Morgan fingerprint density at radius 2 is 2.19 bits per heavy atom. The Morgan fingerprint density at radius 1 is 1.44 bits per heavy atom. The van der Waals surface area contributed by atoms with Crippen LogP contribution in [0.2, 0.25) is 0 Å². The van der Waals surface area contributed by atoms with Crippen LogP contribution in [0.4, 0.5) is 0 Å². The molecule has 0 aliphatic carbocycles. The molecule has 0 bridgehead atoms. The fourth-order valence-electron chi connectivity index (χ4n) is 1.85. The monoisotopic (exact) mass is 227 g/mol. The summed E-state index contributed by atoms with van der Waals surface area (Å²) in [4.78, 5) is 24.0. The number of hydrogen-bond donors (Lipinski definition) is 2. The Hall–Kier alpha value is -1.10. The molecule has 2 amide bonds. The van der Waals surface area contributed by atoms with Crippen LogP contribution in [-0.4, -0.2) is 49.4 Å². The van der Waals surface area contributed by atoms with Gasteiger partial charge in [-0.15, -0.1) is 0 Å². The first-order chi connectivity index (χ1) is 7.59. The van der Waals surface area contributed by atoms with Gasteiger partial charge in [-0.05, 0) is 19.4 Å². The smallest absolute Gasteiger partial charge is 0.241 e. The lowest BCUT2D eigenvalue weighted by Crippen LogP contribution is -2.46. The Kier molecular flexibility index (Phi) is 5.25. The Labute approximate surface area is 96.6 Å². The van der Waals surface area contributed by atoms with E-state index in [0.717, 1.165) is 19.5 Å². The molecule has 0 aromatic rings. The van der Waals surface area contributed by atoms with Crippen molar-refractivity contribution < 1.29 is 9.59 Å². The zero-order chi connectivity index (χ0) is 12.0. The first-order valence-electron chi connectivity index (χ1n) is 5.81. The van der Waals surface area contributed by atoms with Gasteiger partial charge >= 0.3 is 0 Å². The molecule has 0 aromatic carbocycles. The van der Waals surface area contributed by atoms with Gasteiger partial charge in [0.2, 0.25) is 11.8 Å². The van der Waals surface area contributed by atoms with E-state index in [9.17, 15) is 9.59 Å². The third-order valence-electron chi connectivity index (χ3n) is 2.82. The number of nitrogens with zero attached hydrogens (tertiary/aromatic N) is 1. The van der Waals surface area contributed by atoms with E-state index in [1.54, 1.807) is 11.9 Å². The standard InChI is InChI=1S/C11H21N3O2/c1-9(15)13-7-11(16)14(2)8-10-5-3-4-6-12-10/h10,12H,3-8H2,1-2H3,(H,13,15). The maximum atomic E-state index is 11.6. The van der Waals surface area contributed by atoms with Crippen molar-refractivity contribution in [3.63, 3.8) is 0 Å². The molecule has 1 atom stereocenters. The van der Waals surface area contributed by atoms with Crippen LogP contribution in [0.1, 0.15) is 26.2 Å². The van der Waals surface area contributed by atoms with E-state index in [0.29, 0.717) is 6.04 Å². The third kappa shape index (κ3) is 4.61. The van der Waals surface area contributed by atoms with Gasteiger partial charge in [0.1, 0.15) is 0 Å². The molecule has 0 radical (unpaired) electrons. The van der Waals surface area contributed by atoms with E-state index >= 15 is 0 Å². The zero-order valence-corrected chi connectivity index (χ0v) is 10.1. The highest BCUT2D eigenvalue weighted by molar-refractivity contribution is 5.83. The Bertz CT molecular complexity index is 250. The lowest BCUT2D eigenvalue weighted by atomic mass is 10.0. The van der Waals surface area contributed by atoms with Crippen molar-refractivity contribution in [2.75, 3.05) is 26.7 Å². The van der Waals surface area contributed by atoms with Crippen LogP contribution in [0.3, 0.4) is 0 Å². The molecule has 1 fully saturated rings. The highest BCUT2D eigenvalue weighted by Crippen LogP contribution is 2.07. The number of nitrogens with one attached hydrogen (secondary N) is 2. The minimum atomic E-state index is -0.169. The maximum absolute atomic E-state index is 11.6. The fraction of sp³-hybridized carbons (Fsp3) is 0.818. The summed E-state index contributed by atoms with van der Waals surface area (Å²) in [5.74, 6) is -0.208. The quantitative estimate of drug-likeness (QED) is 0.694. The first-order valence-corrected chi connectivity index (χ1v) is 5.81. The van der Waals surface area contributed by atoms with Gasteiger partial charge in [-0.1, -0.05) is 6.42 Å². The van der Waals surface area contributed by atoms with Gasteiger partial charge in [0.05, 0.1) is 6.54 Å². The van der Waals surface area contributed by atoms with Gasteiger partial charge in [-0.25, -0.2) is 0 Å². The average Bonchev–Trinajstić information content (AvgIpc) is 2.27. The number of piperidine rings is 1. The molecule has 92 valence electrons. The summed E-state index contributed by atoms with van der Waals surface area (Å²) in [7, 11) is 1.78. The minimum Gasteiger partial charge on any atom is -0.347 e. The number of likely N-dealkylation sites (N-methyl/N-ethyl adjacent to an activating group) is 1. The van der Waals surface area contributed by atoms with Crippen molar-refractivity contribution in [1.82, 2.24) is 15.5 Å². The molecule has 0 spiro atoms. The third-order valence-corrected chi connectivity index (χ3v) is 2.82. The van der Waals surface area contributed by atoms with E-state index < -0.39 is 0 Å². The van der Waals surface area contributed by atoms with Crippen LogP contribution in [0.25, 0.3) is 0 Å². The van der Waals surface area contributed by atoms with Gasteiger partial charge in [0, 0.05) is 26.6 Å². The molecule has 5 nitrogen and oxygen atoms in total. The van der Waals surface area contributed by atoms with Crippen molar-refractivity contribution in [2.24, 2.45) is 0 Å². The topological polar surface area (TPSA) is 61.4 Å². The summed E-state index contributed by atoms with van der Waals surface area (Å²) < 4.78 is 0. The second-order valence-corrected chi connectivity index (χ2v) is 4.33. The second-order valence-electron chi connectivity index (χ2n) is 4.33. The fourth-order valence-corrected chi connectivity index (χ4v) is 1.85. The molecule has 0 saturated carbocycles. The predicted octanol–water partition coefficient (Wildman–Crippen LogP) is -0.277. The molecule has 5 heteroatoms. The lowest BCUT2D eigenvalue weighted by Gasteiger charge is -2.28. The van der Waals surface area contributed by atoms with Gasteiger partial charge in [0.25, 0.3) is 0 Å². The van der Waals surface area contributed by atoms with Crippen molar-refractivity contribution >= 4 is 11.8 Å². The van der Waals surface area contributed by atoms with Crippen LogP contribution in [-0.2, 0) is 9.59 Å². The molecule has 1 unspecified atom stereocenters. The molecular formula is C11H21N3O2. The van der Waals surface area contributed by atoms with Crippen molar-refractivity contribution in [3.05, 3.63) is 0 Å². The molecule has 0 aromatic heterocycles. The molecule has 1 rings (SSSR count). The van der Waals surface area contributed by atoms with Crippen molar-refractivity contribution in [2.45, 2.75) is 32.2 Å². The van der Waals surface area contributed by atoms with Gasteiger partial charge in [-0.2, -0.15) is 0 Å². The molecule has 1 aliphatic heterocycles. The number of carbonyl (C=O) groups is 2. The largest absolute Gasteiger partial charge is 0.347 e. The van der Waals surface area contributed by atoms with E-state index in [4.69, 9.17) is 0 Å².